The first-order chi connectivity index (χ1) is 12.2. The zero-order valence-electron chi connectivity index (χ0n) is 13.3. The molecule has 5 nitrogen and oxygen atoms in total. The van der Waals surface area contributed by atoms with E-state index in [9.17, 15) is 21.6 Å². The third kappa shape index (κ3) is 3.59. The normalized spacial score (nSPS) is 13.7. The molecular formula is C15H11BF3NO4S2. The van der Waals surface area contributed by atoms with Crippen molar-refractivity contribution in [2.75, 3.05) is 7.11 Å². The average molecular weight is 401 g/mol. The Hall–Kier alpha value is -2.01. The summed E-state index contributed by atoms with van der Waals surface area (Å²) in [5, 5.41) is 0. The second-order valence-electron chi connectivity index (χ2n) is 5.23. The second kappa shape index (κ2) is 6.95. The molecule has 0 amide bonds. The van der Waals surface area contributed by atoms with Gasteiger partial charge in [-0.05, 0) is 0 Å². The first-order valence-electron chi connectivity index (χ1n) is 7.20. The molecule has 0 aromatic heterocycles. The van der Waals surface area contributed by atoms with Crippen molar-refractivity contribution in [2.24, 2.45) is 4.90 Å². The first kappa shape index (κ1) is 18.8. The predicted molar refractivity (Wildman–Crippen MR) is 90.3 cm³/mol. The third-order valence-corrected chi connectivity index (χ3v) is 5.77. The Labute approximate surface area is 152 Å². The summed E-state index contributed by atoms with van der Waals surface area (Å²) in [5.41, 5.74) is -3.53. The Morgan fingerprint density at radius 1 is 1.19 bits per heavy atom. The molecule has 0 saturated heterocycles. The van der Waals surface area contributed by atoms with Crippen LogP contribution in [0.2, 0.25) is 0 Å². The zero-order chi connectivity index (χ0) is 18.9. The van der Waals surface area contributed by atoms with Crippen LogP contribution in [0.5, 0.6) is 5.75 Å². The molecule has 0 N–H and O–H groups in total. The molecule has 26 heavy (non-hydrogen) atoms. The Morgan fingerprint density at radius 2 is 1.92 bits per heavy atom. The van der Waals surface area contributed by atoms with Crippen molar-refractivity contribution in [3.8, 4) is 5.75 Å². The molecule has 0 atom stereocenters. The molecule has 0 saturated carbocycles. The van der Waals surface area contributed by atoms with Crippen LogP contribution in [0, 0.1) is 0 Å². The Morgan fingerprint density at radius 3 is 2.62 bits per heavy atom. The van der Waals surface area contributed by atoms with Gasteiger partial charge in [0.2, 0.25) is 0 Å². The molecule has 2 aromatic carbocycles. The molecule has 1 heterocycles. The summed E-state index contributed by atoms with van der Waals surface area (Å²) in [6.45, 7) is 0. The number of hydrogen-bond donors (Lipinski definition) is 0. The Kier molecular flexibility index (Phi) is 5.02. The van der Waals surface area contributed by atoms with Gasteiger partial charge in [0.15, 0.2) is 0 Å². The fourth-order valence-corrected chi connectivity index (χ4v) is 4.06. The van der Waals surface area contributed by atoms with Crippen LogP contribution in [0.4, 0.5) is 18.9 Å². The van der Waals surface area contributed by atoms with E-state index in [2.05, 4.69) is 9.08 Å². The van der Waals surface area contributed by atoms with Crippen molar-refractivity contribution < 1.29 is 30.4 Å². The van der Waals surface area contributed by atoms with E-state index in [4.69, 9.17) is 4.65 Å². The van der Waals surface area contributed by atoms with Crippen molar-refractivity contribution in [2.45, 2.75) is 21.7 Å². The summed E-state index contributed by atoms with van der Waals surface area (Å²) in [6.07, 6.45) is 0.373. The molecule has 0 radical (unpaired) electrons. The molecule has 2 aromatic rings. The van der Waals surface area contributed by atoms with Gasteiger partial charge in [0.25, 0.3) is 0 Å². The van der Waals surface area contributed by atoms with E-state index in [-0.39, 0.29) is 10.6 Å². The summed E-state index contributed by atoms with van der Waals surface area (Å²) in [5.74, 6) is -0.381. The SMILES string of the molecule is COB=Nc1ccc(OS(=O)(=O)C(F)(F)F)c2c1Cc1ccccc1S2. The summed E-state index contributed by atoms with van der Waals surface area (Å²) >= 11 is 1.14. The topological polar surface area (TPSA) is 65.0 Å². The molecule has 3 rings (SSSR count). The number of alkyl halides is 3. The third-order valence-electron chi connectivity index (χ3n) is 3.53. The average Bonchev–Trinajstić information content (AvgIpc) is 2.58. The molecule has 0 unspecified atom stereocenters. The van der Waals surface area contributed by atoms with Gasteiger partial charge in [-0.25, -0.2) is 0 Å². The van der Waals surface area contributed by atoms with Crippen LogP contribution in [0.1, 0.15) is 11.1 Å². The molecule has 11 heteroatoms. The maximum absolute atomic E-state index is 12.7. The number of nitrogens with zero attached hydrogens (tertiary/aromatic N) is 1. The van der Waals surface area contributed by atoms with Gasteiger partial charge < -0.3 is 0 Å². The molecule has 1 aliphatic heterocycles. The van der Waals surface area contributed by atoms with E-state index in [1.807, 2.05) is 12.1 Å². The van der Waals surface area contributed by atoms with E-state index >= 15 is 0 Å². The van der Waals surface area contributed by atoms with Crippen molar-refractivity contribution in [1.82, 2.24) is 0 Å². The quantitative estimate of drug-likeness (QED) is 0.375. The molecule has 0 fully saturated rings. The maximum atomic E-state index is 12.7. The van der Waals surface area contributed by atoms with Crippen molar-refractivity contribution in [3.05, 3.63) is 47.5 Å². The van der Waals surface area contributed by atoms with E-state index in [0.717, 1.165) is 28.3 Å². The van der Waals surface area contributed by atoms with Crippen LogP contribution in [-0.2, 0) is 21.2 Å². The summed E-state index contributed by atoms with van der Waals surface area (Å²) in [4.78, 5) is 5.20. The van der Waals surface area contributed by atoms with Crippen LogP contribution in [0.15, 0.2) is 51.1 Å². The first-order valence-corrected chi connectivity index (χ1v) is 9.43. The minimum absolute atomic E-state index is 0.280. The molecule has 0 bridgehead atoms. The van der Waals surface area contributed by atoms with E-state index in [0.29, 0.717) is 17.7 Å². The summed E-state index contributed by atoms with van der Waals surface area (Å²) in [6, 6.07) is 9.87. The van der Waals surface area contributed by atoms with Crippen LogP contribution < -0.4 is 4.18 Å². The summed E-state index contributed by atoms with van der Waals surface area (Å²) in [7, 11) is -3.17. The van der Waals surface area contributed by atoms with Crippen LogP contribution >= 0.6 is 11.8 Å². The number of benzene rings is 2. The standard InChI is InChI=1S/C15H11BF3NO4S2/c1-23-16-20-11-6-7-12(24-26(21,22)15(17,18)19)14-10(11)8-9-4-2-3-5-13(9)25-14/h2-7H,8H2,1H3. The van der Waals surface area contributed by atoms with Crippen molar-refractivity contribution in [3.63, 3.8) is 0 Å². The molecular weight excluding hydrogens is 390 g/mol. The zero-order valence-corrected chi connectivity index (χ0v) is 14.9. The molecule has 0 spiro atoms. The fourth-order valence-electron chi connectivity index (χ4n) is 2.39. The number of halogens is 3. The molecule has 0 aliphatic carbocycles. The Balaban J connectivity index is 2.11. The minimum atomic E-state index is -5.77. The summed E-state index contributed by atoms with van der Waals surface area (Å²) < 4.78 is 70.0. The van der Waals surface area contributed by atoms with Crippen LogP contribution in [0.3, 0.4) is 0 Å². The van der Waals surface area contributed by atoms with E-state index in [1.165, 1.54) is 20.5 Å². The fraction of sp³-hybridized carbons (Fsp3) is 0.200. The second-order valence-corrected chi connectivity index (χ2v) is 7.82. The Bertz CT molecular complexity index is 977. The van der Waals surface area contributed by atoms with Crippen LogP contribution in [-0.4, -0.2) is 28.3 Å². The van der Waals surface area contributed by atoms with Gasteiger partial charge in [0, 0.05) is 0 Å². The molecule has 136 valence electrons. The van der Waals surface area contributed by atoms with E-state index < -0.39 is 15.6 Å². The van der Waals surface area contributed by atoms with Gasteiger partial charge in [-0.1, -0.05) is 0 Å². The van der Waals surface area contributed by atoms with Gasteiger partial charge >= 0.3 is 152 Å². The van der Waals surface area contributed by atoms with Gasteiger partial charge in [0.1, 0.15) is 0 Å². The number of hydrogen-bond acceptors (Lipinski definition) is 6. The van der Waals surface area contributed by atoms with Gasteiger partial charge in [-0.3, -0.25) is 0 Å². The van der Waals surface area contributed by atoms with Crippen molar-refractivity contribution in [1.29, 1.82) is 0 Å². The number of fused-ring (bicyclic) bond motifs is 2. The molecule has 1 aliphatic rings. The van der Waals surface area contributed by atoms with Gasteiger partial charge in [0.05, 0.1) is 0 Å². The van der Waals surface area contributed by atoms with Gasteiger partial charge in [-0.2, -0.15) is 0 Å². The van der Waals surface area contributed by atoms with E-state index in [1.54, 1.807) is 12.1 Å². The predicted octanol–water partition coefficient (Wildman–Crippen LogP) is 4.05. The van der Waals surface area contributed by atoms with Gasteiger partial charge in [-0.15, -0.1) is 0 Å². The van der Waals surface area contributed by atoms with Crippen LogP contribution in [0.25, 0.3) is 0 Å². The number of rotatable bonds is 4. The monoisotopic (exact) mass is 401 g/mol. The van der Waals surface area contributed by atoms with Crippen molar-refractivity contribution >= 4 is 34.8 Å².